The first kappa shape index (κ1) is 18.9. The molecule has 3 aromatic rings. The van der Waals surface area contributed by atoms with Crippen molar-refractivity contribution in [1.82, 2.24) is 15.2 Å². The summed E-state index contributed by atoms with van der Waals surface area (Å²) >= 11 is 6.06. The van der Waals surface area contributed by atoms with Crippen molar-refractivity contribution in [2.24, 2.45) is 5.84 Å². The number of benzene rings is 2. The van der Waals surface area contributed by atoms with Crippen LogP contribution in [0.1, 0.15) is 23.2 Å². The summed E-state index contributed by atoms with van der Waals surface area (Å²) in [7, 11) is 0. The summed E-state index contributed by atoms with van der Waals surface area (Å²) in [5.41, 5.74) is 3.19. The lowest BCUT2D eigenvalue weighted by molar-refractivity contribution is -0.116. The molecule has 27 heavy (non-hydrogen) atoms. The topological polar surface area (TPSA) is 72.9 Å². The minimum Gasteiger partial charge on any atom is -0.291 e. The molecule has 1 amide bonds. The average Bonchev–Trinajstić information content (AvgIpc) is 2.99. The van der Waals surface area contributed by atoms with E-state index in [-0.39, 0.29) is 17.1 Å². The van der Waals surface area contributed by atoms with Crippen LogP contribution in [0.3, 0.4) is 0 Å². The minimum atomic E-state index is -2.64. The average molecular weight is 395 g/mol. The summed E-state index contributed by atoms with van der Waals surface area (Å²) in [6, 6.07) is 8.05. The van der Waals surface area contributed by atoms with Gasteiger partial charge in [0.1, 0.15) is 5.82 Å². The van der Waals surface area contributed by atoms with Crippen molar-refractivity contribution in [3.63, 3.8) is 0 Å². The van der Waals surface area contributed by atoms with Crippen molar-refractivity contribution in [3.8, 4) is 0 Å². The van der Waals surface area contributed by atoms with Crippen molar-refractivity contribution in [3.05, 3.63) is 70.1 Å². The molecule has 2 aromatic carbocycles. The van der Waals surface area contributed by atoms with Gasteiger partial charge in [-0.25, -0.2) is 19.0 Å². The molecule has 5 nitrogen and oxygen atoms in total. The van der Waals surface area contributed by atoms with Gasteiger partial charge in [-0.3, -0.25) is 14.9 Å². The van der Waals surface area contributed by atoms with Crippen LogP contribution in [-0.4, -0.2) is 15.7 Å². The number of alkyl halides is 2. The lowest BCUT2D eigenvalue weighted by Gasteiger charge is -2.07. The highest BCUT2D eigenvalue weighted by atomic mass is 35.5. The summed E-state index contributed by atoms with van der Waals surface area (Å²) in [4.78, 5) is 11.3. The van der Waals surface area contributed by atoms with Crippen molar-refractivity contribution in [2.75, 3.05) is 0 Å². The number of hydrogen-bond donors (Lipinski definition) is 2. The third-order valence-electron chi connectivity index (χ3n) is 3.93. The maximum atomic E-state index is 13.2. The Hall–Kier alpha value is -2.84. The number of nitrogens with two attached hydrogens (primary N) is 1. The second-order valence-corrected chi connectivity index (χ2v) is 6.11. The van der Waals surface area contributed by atoms with E-state index >= 15 is 0 Å². The van der Waals surface area contributed by atoms with Gasteiger partial charge < -0.3 is 0 Å². The first-order chi connectivity index (χ1) is 12.9. The SMILES string of the molecule is NNC(=O)C=Cc1nn(Cc2ccc(F)cc2Cl)c2cc(C(F)F)ccc12. The lowest BCUT2D eigenvalue weighted by Crippen LogP contribution is -2.27. The smallest absolute Gasteiger partial charge is 0.263 e. The molecule has 3 rings (SSSR count). The van der Waals surface area contributed by atoms with Crippen molar-refractivity contribution in [1.29, 1.82) is 0 Å². The van der Waals surface area contributed by atoms with Gasteiger partial charge in [0.05, 0.1) is 17.8 Å². The highest BCUT2D eigenvalue weighted by Crippen LogP contribution is 2.28. The van der Waals surface area contributed by atoms with Gasteiger partial charge in [-0.05, 0) is 29.8 Å². The van der Waals surface area contributed by atoms with E-state index in [1.165, 1.54) is 53.2 Å². The summed E-state index contributed by atoms with van der Waals surface area (Å²) in [6.45, 7) is 0.138. The largest absolute Gasteiger partial charge is 0.291 e. The fourth-order valence-electron chi connectivity index (χ4n) is 2.61. The van der Waals surface area contributed by atoms with E-state index in [0.29, 0.717) is 22.2 Å². The molecule has 0 atom stereocenters. The molecular weight excluding hydrogens is 381 g/mol. The number of hydrogen-bond acceptors (Lipinski definition) is 3. The highest BCUT2D eigenvalue weighted by Gasteiger charge is 2.15. The van der Waals surface area contributed by atoms with E-state index in [1.54, 1.807) is 0 Å². The molecule has 0 fully saturated rings. The summed E-state index contributed by atoms with van der Waals surface area (Å²) in [5.74, 6) is 4.01. The Labute approximate surface area is 157 Å². The molecule has 0 radical (unpaired) electrons. The Morgan fingerprint density at radius 1 is 1.30 bits per heavy atom. The van der Waals surface area contributed by atoms with Gasteiger partial charge in [0, 0.05) is 22.0 Å². The first-order valence-corrected chi connectivity index (χ1v) is 8.18. The third kappa shape index (κ3) is 4.12. The van der Waals surface area contributed by atoms with Crippen LogP contribution >= 0.6 is 11.6 Å². The molecule has 0 unspecified atom stereocenters. The zero-order valence-corrected chi connectivity index (χ0v) is 14.6. The van der Waals surface area contributed by atoms with Crippen molar-refractivity contribution in [2.45, 2.75) is 13.0 Å². The zero-order chi connectivity index (χ0) is 19.6. The second kappa shape index (κ2) is 7.81. The molecule has 1 heterocycles. The van der Waals surface area contributed by atoms with Crippen molar-refractivity contribution >= 4 is 34.5 Å². The van der Waals surface area contributed by atoms with E-state index in [2.05, 4.69) is 5.10 Å². The molecular formula is C18H14ClF3N4O. The molecule has 0 aliphatic carbocycles. The first-order valence-electron chi connectivity index (χ1n) is 7.80. The van der Waals surface area contributed by atoms with Crippen LogP contribution in [0, 0.1) is 5.82 Å². The number of halogens is 4. The Bertz CT molecular complexity index is 1030. The summed E-state index contributed by atoms with van der Waals surface area (Å²) < 4.78 is 40.9. The number of carbonyl (C=O) groups is 1. The lowest BCUT2D eigenvalue weighted by atomic mass is 10.1. The van der Waals surface area contributed by atoms with E-state index < -0.39 is 18.1 Å². The monoisotopic (exact) mass is 394 g/mol. The van der Waals surface area contributed by atoms with E-state index in [4.69, 9.17) is 17.4 Å². The maximum absolute atomic E-state index is 13.2. The number of nitrogens with zero attached hydrogens (tertiary/aromatic N) is 2. The zero-order valence-electron chi connectivity index (χ0n) is 13.8. The Kier molecular flexibility index (Phi) is 5.48. The molecule has 3 N–H and O–H groups in total. The predicted molar refractivity (Wildman–Crippen MR) is 96.6 cm³/mol. The Morgan fingerprint density at radius 2 is 2.07 bits per heavy atom. The highest BCUT2D eigenvalue weighted by molar-refractivity contribution is 6.31. The number of nitrogens with one attached hydrogen (secondary N) is 1. The Morgan fingerprint density at radius 3 is 2.74 bits per heavy atom. The van der Waals surface area contributed by atoms with Gasteiger partial charge in [-0.15, -0.1) is 0 Å². The molecule has 0 saturated heterocycles. The number of amides is 1. The second-order valence-electron chi connectivity index (χ2n) is 5.70. The third-order valence-corrected chi connectivity index (χ3v) is 4.28. The van der Waals surface area contributed by atoms with Crippen LogP contribution in [0.25, 0.3) is 17.0 Å². The minimum absolute atomic E-state index is 0.138. The fourth-order valence-corrected chi connectivity index (χ4v) is 2.84. The van der Waals surface area contributed by atoms with E-state index in [1.807, 2.05) is 5.43 Å². The number of carbonyl (C=O) groups excluding carboxylic acids is 1. The van der Waals surface area contributed by atoms with Gasteiger partial charge in [0.25, 0.3) is 12.3 Å². The van der Waals surface area contributed by atoms with Gasteiger partial charge in [0.2, 0.25) is 0 Å². The van der Waals surface area contributed by atoms with Crippen LogP contribution in [-0.2, 0) is 11.3 Å². The van der Waals surface area contributed by atoms with Crippen LogP contribution in [0.4, 0.5) is 13.2 Å². The van der Waals surface area contributed by atoms with Crippen LogP contribution in [0.5, 0.6) is 0 Å². The van der Waals surface area contributed by atoms with Gasteiger partial charge in [-0.1, -0.05) is 29.8 Å². The Balaban J connectivity index is 2.10. The van der Waals surface area contributed by atoms with Gasteiger partial charge >= 0.3 is 0 Å². The summed E-state index contributed by atoms with van der Waals surface area (Å²) in [6.07, 6.45) is -0.0398. The molecule has 0 aliphatic rings. The molecule has 140 valence electrons. The quantitative estimate of drug-likeness (QED) is 0.299. The number of rotatable bonds is 5. The van der Waals surface area contributed by atoms with Gasteiger partial charge in [0.15, 0.2) is 0 Å². The number of aromatic nitrogens is 2. The molecule has 9 heteroatoms. The maximum Gasteiger partial charge on any atom is 0.263 e. The van der Waals surface area contributed by atoms with E-state index in [0.717, 1.165) is 0 Å². The number of fused-ring (bicyclic) bond motifs is 1. The molecule has 0 bridgehead atoms. The van der Waals surface area contributed by atoms with Crippen molar-refractivity contribution < 1.29 is 18.0 Å². The van der Waals surface area contributed by atoms with E-state index in [9.17, 15) is 18.0 Å². The molecule has 0 spiro atoms. The normalized spacial score (nSPS) is 11.6. The number of hydrazine groups is 1. The molecule has 0 aliphatic heterocycles. The summed E-state index contributed by atoms with van der Waals surface area (Å²) in [5, 5.41) is 5.13. The van der Waals surface area contributed by atoms with Gasteiger partial charge in [-0.2, -0.15) is 5.10 Å². The van der Waals surface area contributed by atoms with Crippen LogP contribution in [0.2, 0.25) is 5.02 Å². The fraction of sp³-hybridized carbons (Fsp3) is 0.111. The molecule has 1 aromatic heterocycles. The standard InChI is InChI=1S/C18H14ClF3N4O/c19-14-8-12(20)3-1-11(14)9-26-16-7-10(18(21)22)2-4-13(16)15(25-26)5-6-17(27)24-23/h1-8,18H,9,23H2,(H,24,27). The molecule has 0 saturated carbocycles. The predicted octanol–water partition coefficient (Wildman–Crippen LogP) is 3.82. The van der Waals surface area contributed by atoms with Crippen LogP contribution in [0.15, 0.2) is 42.5 Å². The van der Waals surface area contributed by atoms with Crippen LogP contribution < -0.4 is 11.3 Å².